The predicted molar refractivity (Wildman–Crippen MR) is 56.5 cm³/mol. The van der Waals surface area contributed by atoms with Crippen LogP contribution in [0.15, 0.2) is 11.8 Å². The van der Waals surface area contributed by atoms with E-state index >= 15 is 0 Å². The molecule has 0 amide bonds. The van der Waals surface area contributed by atoms with Gasteiger partial charge in [-0.25, -0.2) is 0 Å². The van der Waals surface area contributed by atoms with Gasteiger partial charge in [-0.1, -0.05) is 6.08 Å². The van der Waals surface area contributed by atoms with Crippen molar-refractivity contribution in [1.29, 1.82) is 0 Å². The van der Waals surface area contributed by atoms with Crippen LogP contribution in [0, 0.1) is 0 Å². The third-order valence-electron chi connectivity index (χ3n) is 3.55. The molecule has 0 aromatic heterocycles. The van der Waals surface area contributed by atoms with Crippen LogP contribution >= 0.6 is 0 Å². The first kappa shape index (κ1) is 9.11. The zero-order valence-electron chi connectivity index (χ0n) is 8.92. The van der Waals surface area contributed by atoms with E-state index < -0.39 is 0 Å². The number of rotatable bonds is 1. The average Bonchev–Trinajstić information content (AvgIpc) is 2.48. The maximum absolute atomic E-state index is 2.67. The maximum Gasteiger partial charge on any atom is 0.0262 e. The van der Waals surface area contributed by atoms with E-state index in [1.807, 2.05) is 0 Å². The topological polar surface area (TPSA) is 3.24 Å². The van der Waals surface area contributed by atoms with E-state index in [9.17, 15) is 0 Å². The molecule has 1 nitrogen and oxygen atoms in total. The van der Waals surface area contributed by atoms with Crippen LogP contribution in [0.1, 0.15) is 52.4 Å². The fraction of sp³-hybridized carbons (Fsp3) is 0.833. The summed E-state index contributed by atoms with van der Waals surface area (Å²) in [6, 6.07) is 1.58. The number of likely N-dealkylation sites (tertiary alicyclic amines) is 1. The minimum atomic E-state index is 0.791. The van der Waals surface area contributed by atoms with Crippen molar-refractivity contribution in [1.82, 2.24) is 4.90 Å². The van der Waals surface area contributed by atoms with Crippen molar-refractivity contribution >= 4 is 0 Å². The van der Waals surface area contributed by atoms with Crippen LogP contribution in [-0.2, 0) is 0 Å². The highest BCUT2D eigenvalue weighted by atomic mass is 15.2. The molecular formula is C12H21N. The summed E-state index contributed by atoms with van der Waals surface area (Å²) in [4.78, 5) is 2.67. The van der Waals surface area contributed by atoms with Crippen LogP contribution in [0.25, 0.3) is 0 Å². The average molecular weight is 179 g/mol. The van der Waals surface area contributed by atoms with Crippen molar-refractivity contribution in [2.24, 2.45) is 0 Å². The minimum Gasteiger partial charge on any atom is -0.370 e. The number of hydrogen-bond donors (Lipinski definition) is 0. The summed E-state index contributed by atoms with van der Waals surface area (Å²) in [5.41, 5.74) is 1.64. The van der Waals surface area contributed by atoms with Crippen LogP contribution < -0.4 is 0 Å². The molecule has 0 spiro atoms. The summed E-state index contributed by atoms with van der Waals surface area (Å²) in [6.07, 6.45) is 10.7. The summed E-state index contributed by atoms with van der Waals surface area (Å²) in [5, 5.41) is 0. The Bertz CT molecular complexity index is 197. The molecule has 1 aliphatic carbocycles. The molecule has 13 heavy (non-hydrogen) atoms. The monoisotopic (exact) mass is 179 g/mol. The fourth-order valence-corrected chi connectivity index (χ4v) is 2.82. The van der Waals surface area contributed by atoms with Gasteiger partial charge in [-0.2, -0.15) is 0 Å². The molecule has 1 heterocycles. The van der Waals surface area contributed by atoms with Crippen molar-refractivity contribution in [2.45, 2.75) is 64.5 Å². The Hall–Kier alpha value is -0.460. The van der Waals surface area contributed by atoms with Crippen LogP contribution in [0.5, 0.6) is 0 Å². The number of hydrogen-bond acceptors (Lipinski definition) is 1. The van der Waals surface area contributed by atoms with Crippen molar-refractivity contribution in [3.8, 4) is 0 Å². The highest BCUT2D eigenvalue weighted by molar-refractivity contribution is 5.09. The van der Waals surface area contributed by atoms with E-state index in [1.165, 1.54) is 38.5 Å². The lowest BCUT2D eigenvalue weighted by Gasteiger charge is -2.33. The van der Waals surface area contributed by atoms with Crippen LogP contribution in [0.3, 0.4) is 0 Å². The first-order valence-electron chi connectivity index (χ1n) is 5.76. The van der Waals surface area contributed by atoms with Gasteiger partial charge in [0.15, 0.2) is 0 Å². The lowest BCUT2D eigenvalue weighted by molar-refractivity contribution is 0.261. The molecule has 1 fully saturated rings. The second-order valence-electron chi connectivity index (χ2n) is 4.62. The molecule has 2 rings (SSSR count). The molecule has 0 aromatic carbocycles. The van der Waals surface area contributed by atoms with E-state index in [1.54, 1.807) is 5.70 Å². The minimum absolute atomic E-state index is 0.791. The Morgan fingerprint density at radius 1 is 1.15 bits per heavy atom. The van der Waals surface area contributed by atoms with Gasteiger partial charge < -0.3 is 4.90 Å². The number of nitrogens with zero attached hydrogens (tertiary/aromatic N) is 1. The van der Waals surface area contributed by atoms with Crippen molar-refractivity contribution < 1.29 is 0 Å². The van der Waals surface area contributed by atoms with Crippen LogP contribution in [0.4, 0.5) is 0 Å². The largest absolute Gasteiger partial charge is 0.370 e. The van der Waals surface area contributed by atoms with Gasteiger partial charge in [-0.15, -0.1) is 0 Å². The molecule has 1 heteroatoms. The van der Waals surface area contributed by atoms with Crippen molar-refractivity contribution in [3.63, 3.8) is 0 Å². The second-order valence-corrected chi connectivity index (χ2v) is 4.62. The zero-order chi connectivity index (χ0) is 9.26. The molecular weight excluding hydrogens is 158 g/mol. The van der Waals surface area contributed by atoms with Gasteiger partial charge in [0.25, 0.3) is 0 Å². The molecule has 0 bridgehead atoms. The predicted octanol–water partition coefficient (Wildman–Crippen LogP) is 3.32. The lowest BCUT2D eigenvalue weighted by atomic mass is 10.0. The third kappa shape index (κ3) is 1.74. The smallest absolute Gasteiger partial charge is 0.0262 e. The van der Waals surface area contributed by atoms with E-state index in [2.05, 4.69) is 24.8 Å². The van der Waals surface area contributed by atoms with Gasteiger partial charge in [0.05, 0.1) is 0 Å². The lowest BCUT2D eigenvalue weighted by Crippen LogP contribution is -2.32. The van der Waals surface area contributed by atoms with E-state index in [0.29, 0.717) is 0 Å². The molecule has 0 unspecified atom stereocenters. The van der Waals surface area contributed by atoms with Gasteiger partial charge in [0, 0.05) is 17.8 Å². The van der Waals surface area contributed by atoms with Gasteiger partial charge in [0.1, 0.15) is 0 Å². The quantitative estimate of drug-likeness (QED) is 0.597. The molecule has 1 saturated heterocycles. The van der Waals surface area contributed by atoms with E-state index in [4.69, 9.17) is 0 Å². The Balaban J connectivity index is 2.09. The normalized spacial score (nSPS) is 34.9. The summed E-state index contributed by atoms with van der Waals surface area (Å²) >= 11 is 0. The van der Waals surface area contributed by atoms with Gasteiger partial charge in [-0.3, -0.25) is 0 Å². The SMILES string of the molecule is C[C@@H]1CC[C@@H](C)N1C1=CCCCC1. The second kappa shape index (κ2) is 3.73. The van der Waals surface area contributed by atoms with Gasteiger partial charge >= 0.3 is 0 Å². The highest BCUT2D eigenvalue weighted by Gasteiger charge is 2.28. The molecule has 0 N–H and O–H groups in total. The molecule has 0 radical (unpaired) electrons. The molecule has 74 valence electrons. The summed E-state index contributed by atoms with van der Waals surface area (Å²) in [5.74, 6) is 0. The van der Waals surface area contributed by atoms with Gasteiger partial charge in [-0.05, 0) is 52.4 Å². The van der Waals surface area contributed by atoms with Crippen LogP contribution in [-0.4, -0.2) is 17.0 Å². The Labute approximate surface area is 81.8 Å². The first-order chi connectivity index (χ1) is 6.29. The molecule has 1 aliphatic heterocycles. The zero-order valence-corrected chi connectivity index (χ0v) is 8.92. The molecule has 0 saturated carbocycles. The maximum atomic E-state index is 2.67. The highest BCUT2D eigenvalue weighted by Crippen LogP contribution is 2.32. The van der Waals surface area contributed by atoms with Crippen molar-refractivity contribution in [3.05, 3.63) is 11.8 Å². The molecule has 2 atom stereocenters. The van der Waals surface area contributed by atoms with Crippen molar-refractivity contribution in [2.75, 3.05) is 0 Å². The standard InChI is InChI=1S/C12H21N/c1-10-8-9-11(2)13(10)12-6-4-3-5-7-12/h6,10-11H,3-5,7-9H2,1-2H3/t10-,11-/m1/s1. The fourth-order valence-electron chi connectivity index (χ4n) is 2.82. The molecule has 0 aromatic rings. The number of allylic oxidation sites excluding steroid dienone is 2. The van der Waals surface area contributed by atoms with Crippen LogP contribution in [0.2, 0.25) is 0 Å². The Kier molecular flexibility index (Phi) is 2.61. The summed E-state index contributed by atoms with van der Waals surface area (Å²) in [7, 11) is 0. The Morgan fingerprint density at radius 2 is 1.85 bits per heavy atom. The van der Waals surface area contributed by atoms with Gasteiger partial charge in [0.2, 0.25) is 0 Å². The first-order valence-corrected chi connectivity index (χ1v) is 5.76. The summed E-state index contributed by atoms with van der Waals surface area (Å²) < 4.78 is 0. The summed E-state index contributed by atoms with van der Waals surface area (Å²) in [6.45, 7) is 4.75. The van der Waals surface area contributed by atoms with E-state index in [-0.39, 0.29) is 0 Å². The Morgan fingerprint density at radius 3 is 2.38 bits per heavy atom. The third-order valence-corrected chi connectivity index (χ3v) is 3.55. The molecule has 2 aliphatic rings. The van der Waals surface area contributed by atoms with E-state index in [0.717, 1.165) is 12.1 Å².